The fraction of sp³-hybridized carbons (Fsp3) is 0.417. The van der Waals surface area contributed by atoms with Crippen molar-refractivity contribution in [3.63, 3.8) is 0 Å². The van der Waals surface area contributed by atoms with Gasteiger partial charge in [-0.2, -0.15) is 0 Å². The number of alkyl halides is 1. The third-order valence-corrected chi connectivity index (χ3v) is 2.75. The summed E-state index contributed by atoms with van der Waals surface area (Å²) < 4.78 is 0. The number of carbonyl (C=O) groups excluding carboxylic acids is 1. The van der Waals surface area contributed by atoms with E-state index in [2.05, 4.69) is 0 Å². The molecule has 1 aromatic rings. The van der Waals surface area contributed by atoms with E-state index in [4.69, 9.17) is 11.6 Å². The van der Waals surface area contributed by atoms with E-state index in [0.717, 1.165) is 5.56 Å². The summed E-state index contributed by atoms with van der Waals surface area (Å²) in [5.74, 6) is 0.464. The van der Waals surface area contributed by atoms with Crippen molar-refractivity contribution >= 4 is 17.5 Å². The second kappa shape index (κ2) is 5.76. The van der Waals surface area contributed by atoms with Gasteiger partial charge in [-0.15, -0.1) is 11.6 Å². The smallest absolute Gasteiger partial charge is 0.224 e. The molecule has 1 aromatic carbocycles. The van der Waals surface area contributed by atoms with Gasteiger partial charge in [-0.1, -0.05) is 30.3 Å². The highest BCUT2D eigenvalue weighted by Gasteiger charge is 2.15. The molecular weight excluding hydrogens is 210 g/mol. The first-order valence-electron chi connectivity index (χ1n) is 5.03. The normalized spacial score (nSPS) is 12.2. The molecular formula is C12H16ClNO. The summed E-state index contributed by atoms with van der Waals surface area (Å²) in [6.07, 6.45) is 0.398. The monoisotopic (exact) mass is 225 g/mol. The minimum absolute atomic E-state index is 0.0846. The molecule has 0 heterocycles. The molecule has 0 aromatic heterocycles. The zero-order valence-corrected chi connectivity index (χ0v) is 9.87. The average molecular weight is 226 g/mol. The van der Waals surface area contributed by atoms with Crippen LogP contribution in [0.3, 0.4) is 0 Å². The molecule has 1 rings (SSSR count). The van der Waals surface area contributed by atoms with Gasteiger partial charge in [-0.3, -0.25) is 4.79 Å². The number of hydrogen-bond donors (Lipinski definition) is 0. The van der Waals surface area contributed by atoms with E-state index in [1.54, 1.807) is 4.90 Å². The summed E-state index contributed by atoms with van der Waals surface area (Å²) in [6, 6.07) is 10.1. The van der Waals surface area contributed by atoms with Gasteiger partial charge >= 0.3 is 0 Å². The molecule has 0 bridgehead atoms. The maximum Gasteiger partial charge on any atom is 0.224 e. The molecule has 0 fully saturated rings. The molecule has 0 aliphatic heterocycles. The molecule has 1 amide bonds. The lowest BCUT2D eigenvalue weighted by Crippen LogP contribution is -2.29. The van der Waals surface area contributed by atoms with E-state index in [0.29, 0.717) is 12.3 Å². The quantitative estimate of drug-likeness (QED) is 0.722. The van der Waals surface area contributed by atoms with Gasteiger partial charge in [0.2, 0.25) is 5.91 Å². The summed E-state index contributed by atoms with van der Waals surface area (Å²) >= 11 is 5.54. The molecule has 1 atom stereocenters. The van der Waals surface area contributed by atoms with Crippen molar-refractivity contribution in [1.29, 1.82) is 0 Å². The highest BCUT2D eigenvalue weighted by molar-refractivity contribution is 6.18. The minimum atomic E-state index is 0.0846. The van der Waals surface area contributed by atoms with Crippen molar-refractivity contribution in [3.8, 4) is 0 Å². The topological polar surface area (TPSA) is 20.3 Å². The van der Waals surface area contributed by atoms with Gasteiger partial charge < -0.3 is 4.90 Å². The van der Waals surface area contributed by atoms with Crippen LogP contribution in [0.4, 0.5) is 0 Å². The first-order chi connectivity index (χ1) is 7.16. The standard InChI is InChI=1S/C12H16ClNO/c1-10(11-6-4-3-5-7-11)14(2)12(15)8-9-13/h3-7,10H,8-9H2,1-2H3. The summed E-state index contributed by atoms with van der Waals surface area (Å²) in [5.41, 5.74) is 1.14. The Kier molecular flexibility index (Phi) is 4.63. The zero-order chi connectivity index (χ0) is 11.3. The van der Waals surface area contributed by atoms with Gasteiger partial charge in [0.05, 0.1) is 6.04 Å². The predicted molar refractivity (Wildman–Crippen MR) is 63.0 cm³/mol. The van der Waals surface area contributed by atoms with Crippen molar-refractivity contribution < 1.29 is 4.79 Å². The molecule has 0 N–H and O–H groups in total. The lowest BCUT2D eigenvalue weighted by atomic mass is 10.1. The van der Waals surface area contributed by atoms with Crippen molar-refractivity contribution in [2.75, 3.05) is 12.9 Å². The largest absolute Gasteiger partial charge is 0.339 e. The molecule has 0 saturated heterocycles. The van der Waals surface area contributed by atoms with Crippen molar-refractivity contribution in [2.24, 2.45) is 0 Å². The Morgan fingerprint density at radius 1 is 1.40 bits per heavy atom. The third-order valence-electron chi connectivity index (χ3n) is 2.56. The first kappa shape index (κ1) is 12.1. The number of benzene rings is 1. The minimum Gasteiger partial charge on any atom is -0.339 e. The Balaban J connectivity index is 2.68. The SMILES string of the molecule is CC(c1ccccc1)N(C)C(=O)CCCl. The van der Waals surface area contributed by atoms with Crippen LogP contribution in [0.5, 0.6) is 0 Å². The van der Waals surface area contributed by atoms with Crippen LogP contribution in [0.1, 0.15) is 24.9 Å². The lowest BCUT2D eigenvalue weighted by Gasteiger charge is -2.25. The Morgan fingerprint density at radius 2 is 2.00 bits per heavy atom. The van der Waals surface area contributed by atoms with Crippen molar-refractivity contribution in [2.45, 2.75) is 19.4 Å². The van der Waals surface area contributed by atoms with E-state index in [9.17, 15) is 4.79 Å². The number of hydrogen-bond acceptors (Lipinski definition) is 1. The maximum atomic E-state index is 11.6. The molecule has 0 spiro atoms. The van der Waals surface area contributed by atoms with Crippen LogP contribution in [0.2, 0.25) is 0 Å². The van der Waals surface area contributed by atoms with Gasteiger partial charge in [0, 0.05) is 19.3 Å². The Labute approximate surface area is 95.8 Å². The maximum absolute atomic E-state index is 11.6. The molecule has 0 saturated carbocycles. The van der Waals surface area contributed by atoms with Gasteiger partial charge in [0.15, 0.2) is 0 Å². The van der Waals surface area contributed by atoms with Gasteiger partial charge in [-0.05, 0) is 12.5 Å². The summed E-state index contributed by atoms with van der Waals surface area (Å²) in [5, 5.41) is 0. The van der Waals surface area contributed by atoms with Crippen LogP contribution in [-0.4, -0.2) is 23.7 Å². The number of amides is 1. The first-order valence-corrected chi connectivity index (χ1v) is 5.57. The molecule has 0 aliphatic rings. The zero-order valence-electron chi connectivity index (χ0n) is 9.11. The van der Waals surface area contributed by atoms with Crippen LogP contribution < -0.4 is 0 Å². The molecule has 1 unspecified atom stereocenters. The number of rotatable bonds is 4. The fourth-order valence-corrected chi connectivity index (χ4v) is 1.59. The van der Waals surface area contributed by atoms with Crippen LogP contribution in [0.15, 0.2) is 30.3 Å². The highest BCUT2D eigenvalue weighted by atomic mass is 35.5. The van der Waals surface area contributed by atoms with Crippen LogP contribution in [-0.2, 0) is 4.79 Å². The van der Waals surface area contributed by atoms with Gasteiger partial charge in [0.25, 0.3) is 0 Å². The van der Waals surface area contributed by atoms with Crippen LogP contribution in [0, 0.1) is 0 Å². The third kappa shape index (κ3) is 3.24. The Hall–Kier alpha value is -1.02. The fourth-order valence-electron chi connectivity index (χ4n) is 1.43. The van der Waals surface area contributed by atoms with E-state index in [-0.39, 0.29) is 11.9 Å². The van der Waals surface area contributed by atoms with E-state index >= 15 is 0 Å². The van der Waals surface area contributed by atoms with Crippen molar-refractivity contribution in [3.05, 3.63) is 35.9 Å². The molecule has 3 heteroatoms. The average Bonchev–Trinajstić information content (AvgIpc) is 2.28. The number of nitrogens with zero attached hydrogens (tertiary/aromatic N) is 1. The molecule has 2 nitrogen and oxygen atoms in total. The molecule has 0 radical (unpaired) electrons. The summed E-state index contributed by atoms with van der Waals surface area (Å²) in [4.78, 5) is 13.3. The summed E-state index contributed by atoms with van der Waals surface area (Å²) in [6.45, 7) is 2.02. The second-order valence-corrected chi connectivity index (χ2v) is 3.91. The number of halogens is 1. The van der Waals surface area contributed by atoms with E-state index in [1.165, 1.54) is 0 Å². The van der Waals surface area contributed by atoms with Crippen molar-refractivity contribution in [1.82, 2.24) is 4.90 Å². The van der Waals surface area contributed by atoms with E-state index in [1.807, 2.05) is 44.3 Å². The number of carbonyl (C=O) groups is 1. The van der Waals surface area contributed by atoms with Crippen LogP contribution in [0.25, 0.3) is 0 Å². The van der Waals surface area contributed by atoms with Crippen LogP contribution >= 0.6 is 11.6 Å². The molecule has 82 valence electrons. The van der Waals surface area contributed by atoms with Gasteiger partial charge in [-0.25, -0.2) is 0 Å². The lowest BCUT2D eigenvalue weighted by molar-refractivity contribution is -0.131. The molecule has 0 aliphatic carbocycles. The predicted octanol–water partition coefficient (Wildman–Crippen LogP) is 2.83. The molecule has 15 heavy (non-hydrogen) atoms. The Morgan fingerprint density at radius 3 is 2.53 bits per heavy atom. The van der Waals surface area contributed by atoms with Gasteiger partial charge in [0.1, 0.15) is 0 Å². The Bertz CT molecular complexity index is 313. The van der Waals surface area contributed by atoms with E-state index < -0.39 is 0 Å². The second-order valence-electron chi connectivity index (χ2n) is 3.53. The highest BCUT2D eigenvalue weighted by Crippen LogP contribution is 2.18. The summed E-state index contributed by atoms with van der Waals surface area (Å²) in [7, 11) is 1.81.